The van der Waals surface area contributed by atoms with Crippen molar-refractivity contribution >= 4 is 24.9 Å². The molecule has 0 aromatic heterocycles. The minimum atomic E-state index is -1.73. The molecule has 0 spiro atoms. The van der Waals surface area contributed by atoms with Gasteiger partial charge in [-0.2, -0.15) is 0 Å². The van der Waals surface area contributed by atoms with Crippen molar-refractivity contribution in [3.05, 3.63) is 91.0 Å². The van der Waals surface area contributed by atoms with Crippen molar-refractivity contribution in [3.63, 3.8) is 0 Å². The van der Waals surface area contributed by atoms with Crippen LogP contribution in [0, 0.1) is 0 Å². The first kappa shape index (κ1) is 17.9. The Labute approximate surface area is 149 Å². The van der Waals surface area contributed by atoms with Crippen LogP contribution in [0.5, 0.6) is 11.5 Å². The van der Waals surface area contributed by atoms with E-state index < -0.39 is 14.4 Å². The quantitative estimate of drug-likeness (QED) is 0.562. The van der Waals surface area contributed by atoms with Crippen LogP contribution in [-0.2, 0) is 14.4 Å². The molecular formula is C18H17ClCrO2P. The van der Waals surface area contributed by atoms with Crippen LogP contribution in [0.15, 0.2) is 91.0 Å². The van der Waals surface area contributed by atoms with Crippen LogP contribution in [0.1, 0.15) is 0 Å². The molecule has 0 fully saturated rings. The Morgan fingerprint density at radius 3 is 1.39 bits per heavy atom. The normalized spacial score (nSPS) is 10.5. The molecule has 1 atom stereocenters. The molecule has 0 aliphatic rings. The Kier molecular flexibility index (Phi) is 7.46. The van der Waals surface area contributed by atoms with Crippen LogP contribution < -0.4 is 12.9 Å². The van der Waals surface area contributed by atoms with Crippen molar-refractivity contribution < 1.29 is 21.9 Å². The van der Waals surface area contributed by atoms with E-state index in [1.54, 1.807) is 0 Å². The zero-order valence-corrected chi connectivity index (χ0v) is 15.4. The molecule has 3 aromatic rings. The first-order chi connectivity index (χ1) is 10.9. The van der Waals surface area contributed by atoms with Gasteiger partial charge < -0.3 is 0 Å². The Hall–Kier alpha value is -1.49. The molecule has 0 aliphatic heterocycles. The fraction of sp³-hybridized carbons (Fsp3) is 0. The molecule has 3 aromatic carbocycles. The van der Waals surface area contributed by atoms with Gasteiger partial charge >= 0.3 is 137 Å². The Bertz CT molecular complexity index is 584. The third kappa shape index (κ3) is 5.90. The van der Waals surface area contributed by atoms with Gasteiger partial charge in [-0.1, -0.05) is 0 Å². The SMILES string of the molecule is Cl.c1ccc([O][Cr]([O]c2ccccc2)[PH]c2ccccc2)cc1. The van der Waals surface area contributed by atoms with Crippen LogP contribution in [0.4, 0.5) is 0 Å². The molecule has 1 unspecified atom stereocenters. The van der Waals surface area contributed by atoms with Gasteiger partial charge in [0.1, 0.15) is 0 Å². The average Bonchev–Trinajstić information content (AvgIpc) is 2.57. The Morgan fingerprint density at radius 1 is 0.565 bits per heavy atom. The summed E-state index contributed by atoms with van der Waals surface area (Å²) in [5.41, 5.74) is 0. The Balaban J connectivity index is 0.00000192. The number of hydrogen-bond donors (Lipinski definition) is 0. The van der Waals surface area contributed by atoms with Gasteiger partial charge in [-0.25, -0.2) is 0 Å². The second-order valence-corrected chi connectivity index (χ2v) is 8.86. The topological polar surface area (TPSA) is 18.5 Å². The number of hydrogen-bond acceptors (Lipinski definition) is 2. The number of halogens is 1. The second kappa shape index (κ2) is 9.61. The number of benzene rings is 3. The molecule has 23 heavy (non-hydrogen) atoms. The maximum absolute atomic E-state index is 6.14. The predicted molar refractivity (Wildman–Crippen MR) is 95.8 cm³/mol. The molecule has 2 nitrogen and oxygen atoms in total. The summed E-state index contributed by atoms with van der Waals surface area (Å²) in [6.07, 6.45) is 0. The van der Waals surface area contributed by atoms with Crippen LogP contribution >= 0.6 is 19.6 Å². The fourth-order valence-corrected chi connectivity index (χ4v) is 6.06. The Morgan fingerprint density at radius 2 is 0.957 bits per heavy atom. The summed E-state index contributed by atoms with van der Waals surface area (Å²) in [4.78, 5) is 0. The molecule has 0 saturated carbocycles. The minimum absolute atomic E-state index is 0. The first-order valence-corrected chi connectivity index (χ1v) is 10.8. The molecular weight excluding hydrogens is 367 g/mol. The molecule has 0 heterocycles. The van der Waals surface area contributed by atoms with Crippen LogP contribution in [0.25, 0.3) is 0 Å². The average molecular weight is 384 g/mol. The zero-order chi connectivity index (χ0) is 15.0. The summed E-state index contributed by atoms with van der Waals surface area (Å²) in [5.74, 6) is 1.73. The first-order valence-electron chi connectivity index (χ1n) is 6.93. The second-order valence-electron chi connectivity index (χ2n) is 4.50. The van der Waals surface area contributed by atoms with E-state index in [0.29, 0.717) is 7.23 Å². The van der Waals surface area contributed by atoms with E-state index in [4.69, 9.17) is 7.58 Å². The molecule has 5 heteroatoms. The zero-order valence-electron chi connectivity index (χ0n) is 12.3. The van der Waals surface area contributed by atoms with E-state index in [-0.39, 0.29) is 12.4 Å². The van der Waals surface area contributed by atoms with Crippen molar-refractivity contribution in [3.8, 4) is 11.5 Å². The van der Waals surface area contributed by atoms with Gasteiger partial charge in [0.05, 0.1) is 0 Å². The summed E-state index contributed by atoms with van der Waals surface area (Å²) in [6.45, 7) is 0. The van der Waals surface area contributed by atoms with Gasteiger partial charge in [-0.15, -0.1) is 12.4 Å². The number of para-hydroxylation sites is 2. The summed E-state index contributed by atoms with van der Waals surface area (Å²) < 4.78 is 12.3. The molecule has 0 radical (unpaired) electrons. The van der Waals surface area contributed by atoms with Gasteiger partial charge in [-0.05, 0) is 0 Å². The van der Waals surface area contributed by atoms with Crippen molar-refractivity contribution in [2.24, 2.45) is 0 Å². The number of rotatable bonds is 6. The van der Waals surface area contributed by atoms with E-state index >= 15 is 0 Å². The van der Waals surface area contributed by atoms with Crippen LogP contribution in [0.3, 0.4) is 0 Å². The van der Waals surface area contributed by atoms with Crippen molar-refractivity contribution in [2.45, 2.75) is 0 Å². The van der Waals surface area contributed by atoms with Crippen LogP contribution in [-0.4, -0.2) is 0 Å². The maximum atomic E-state index is 6.14. The van der Waals surface area contributed by atoms with E-state index in [1.807, 2.05) is 66.7 Å². The van der Waals surface area contributed by atoms with Crippen molar-refractivity contribution in [1.82, 2.24) is 0 Å². The summed E-state index contributed by atoms with van der Waals surface area (Å²) >= 11 is -1.73. The van der Waals surface area contributed by atoms with Gasteiger partial charge in [0.2, 0.25) is 0 Å². The van der Waals surface area contributed by atoms with Gasteiger partial charge in [0, 0.05) is 0 Å². The molecule has 0 amide bonds. The molecule has 119 valence electrons. The summed E-state index contributed by atoms with van der Waals surface area (Å²) in [6, 6.07) is 30.2. The molecule has 0 N–H and O–H groups in total. The molecule has 0 bridgehead atoms. The summed E-state index contributed by atoms with van der Waals surface area (Å²) in [7, 11) is 0.527. The van der Waals surface area contributed by atoms with Crippen molar-refractivity contribution in [2.75, 3.05) is 0 Å². The van der Waals surface area contributed by atoms with E-state index in [2.05, 4.69) is 24.3 Å². The third-order valence-electron chi connectivity index (χ3n) is 2.81. The van der Waals surface area contributed by atoms with Gasteiger partial charge in [0.25, 0.3) is 0 Å². The predicted octanol–water partition coefficient (Wildman–Crippen LogP) is 4.93. The third-order valence-corrected chi connectivity index (χ3v) is 7.19. The standard InChI is InChI=1S/2C6H6O.C6H6P.ClH.Cr/c3*7-6-4-2-1-3-5-6;;/h3*1-5,7H;1H;/q;;-1;;+3/p-2. The van der Waals surface area contributed by atoms with E-state index in [1.165, 1.54) is 5.30 Å². The van der Waals surface area contributed by atoms with E-state index in [0.717, 1.165) is 11.5 Å². The van der Waals surface area contributed by atoms with Gasteiger partial charge in [0.15, 0.2) is 0 Å². The molecule has 3 rings (SSSR count). The molecule has 0 aliphatic carbocycles. The molecule has 0 saturated heterocycles. The monoisotopic (exact) mass is 383 g/mol. The van der Waals surface area contributed by atoms with Crippen LogP contribution in [0.2, 0.25) is 0 Å². The fourth-order valence-electron chi connectivity index (χ4n) is 1.79. The summed E-state index contributed by atoms with van der Waals surface area (Å²) in [5, 5.41) is 1.26. The van der Waals surface area contributed by atoms with E-state index in [9.17, 15) is 0 Å². The van der Waals surface area contributed by atoms with Crippen molar-refractivity contribution in [1.29, 1.82) is 0 Å². The van der Waals surface area contributed by atoms with Gasteiger partial charge in [-0.3, -0.25) is 0 Å².